The molecule has 0 radical (unpaired) electrons. The standard InChI is InChI=1S/C5H8ClNO3/c1-3(8)7-4(6)5(9)10-2/h4H,1-2H3,(H,7,8). The van der Waals surface area contributed by atoms with Crippen LogP contribution in [0.1, 0.15) is 6.92 Å². The van der Waals surface area contributed by atoms with Crippen molar-refractivity contribution >= 4 is 23.5 Å². The monoisotopic (exact) mass is 165 g/mol. The Bertz CT molecular complexity index is 148. The van der Waals surface area contributed by atoms with Crippen LogP contribution in [0.3, 0.4) is 0 Å². The fraction of sp³-hybridized carbons (Fsp3) is 0.600. The molecule has 0 aromatic heterocycles. The molecule has 0 spiro atoms. The van der Waals surface area contributed by atoms with Gasteiger partial charge in [0.1, 0.15) is 0 Å². The number of carbonyl (C=O) groups excluding carboxylic acids is 2. The Hall–Kier alpha value is -0.770. The smallest absolute Gasteiger partial charge is 0.344 e. The molecule has 0 aromatic carbocycles. The minimum atomic E-state index is -1.08. The fourth-order valence-electron chi connectivity index (χ4n) is 0.341. The Balaban J connectivity index is 3.72. The van der Waals surface area contributed by atoms with E-state index < -0.39 is 11.5 Å². The first-order valence-corrected chi connectivity index (χ1v) is 3.00. The van der Waals surface area contributed by atoms with E-state index >= 15 is 0 Å². The normalized spacial score (nSPS) is 11.9. The third-order valence-electron chi connectivity index (χ3n) is 0.738. The summed E-state index contributed by atoms with van der Waals surface area (Å²) in [5.74, 6) is -1.04. The van der Waals surface area contributed by atoms with E-state index in [4.69, 9.17) is 11.6 Å². The molecule has 5 heteroatoms. The summed E-state index contributed by atoms with van der Waals surface area (Å²) in [4.78, 5) is 20.7. The van der Waals surface area contributed by atoms with Crippen molar-refractivity contribution in [2.75, 3.05) is 7.11 Å². The van der Waals surface area contributed by atoms with Gasteiger partial charge in [-0.1, -0.05) is 11.6 Å². The SMILES string of the molecule is COC(=O)C(Cl)NC(C)=O. The Labute approximate surface area is 63.5 Å². The van der Waals surface area contributed by atoms with E-state index in [2.05, 4.69) is 10.1 Å². The molecule has 4 nitrogen and oxygen atoms in total. The summed E-state index contributed by atoms with van der Waals surface area (Å²) in [7, 11) is 1.19. The van der Waals surface area contributed by atoms with Gasteiger partial charge in [-0.05, 0) is 0 Å². The lowest BCUT2D eigenvalue weighted by atomic mass is 10.6. The van der Waals surface area contributed by atoms with Crippen LogP contribution in [0.5, 0.6) is 0 Å². The number of ether oxygens (including phenoxy) is 1. The van der Waals surface area contributed by atoms with E-state index in [9.17, 15) is 9.59 Å². The van der Waals surface area contributed by atoms with Crippen LogP contribution in [0.2, 0.25) is 0 Å². The number of carbonyl (C=O) groups is 2. The fourth-order valence-corrected chi connectivity index (χ4v) is 0.584. The number of hydrogen-bond donors (Lipinski definition) is 1. The summed E-state index contributed by atoms with van der Waals surface area (Å²) in [5, 5.41) is 2.15. The van der Waals surface area contributed by atoms with Crippen molar-refractivity contribution < 1.29 is 14.3 Å². The van der Waals surface area contributed by atoms with Gasteiger partial charge in [-0.15, -0.1) is 0 Å². The molecule has 0 heterocycles. The van der Waals surface area contributed by atoms with Crippen LogP contribution in [0, 0.1) is 0 Å². The molecule has 0 aliphatic heterocycles. The van der Waals surface area contributed by atoms with E-state index in [0.717, 1.165) is 0 Å². The number of methoxy groups -OCH3 is 1. The van der Waals surface area contributed by atoms with Gasteiger partial charge in [0.25, 0.3) is 0 Å². The third kappa shape index (κ3) is 3.29. The molecule has 0 saturated heterocycles. The van der Waals surface area contributed by atoms with E-state index in [-0.39, 0.29) is 5.91 Å². The van der Waals surface area contributed by atoms with Gasteiger partial charge in [-0.2, -0.15) is 0 Å². The number of amides is 1. The zero-order valence-electron chi connectivity index (χ0n) is 5.68. The zero-order chi connectivity index (χ0) is 8.15. The maximum atomic E-state index is 10.5. The largest absolute Gasteiger partial charge is 0.467 e. The van der Waals surface area contributed by atoms with E-state index in [1.54, 1.807) is 0 Å². The van der Waals surface area contributed by atoms with Crippen molar-refractivity contribution in [1.82, 2.24) is 5.32 Å². The highest BCUT2D eigenvalue weighted by molar-refractivity contribution is 6.30. The van der Waals surface area contributed by atoms with Crippen molar-refractivity contribution in [3.63, 3.8) is 0 Å². The number of rotatable bonds is 2. The molecule has 0 saturated carbocycles. The predicted octanol–water partition coefficient (Wildman–Crippen LogP) is -0.140. The maximum absolute atomic E-state index is 10.5. The average Bonchev–Trinajstić information content (AvgIpc) is 1.85. The van der Waals surface area contributed by atoms with Gasteiger partial charge in [0.15, 0.2) is 0 Å². The van der Waals surface area contributed by atoms with Crippen molar-refractivity contribution in [2.45, 2.75) is 12.4 Å². The minimum Gasteiger partial charge on any atom is -0.467 e. The predicted molar refractivity (Wildman–Crippen MR) is 35.5 cm³/mol. The van der Waals surface area contributed by atoms with Gasteiger partial charge in [0, 0.05) is 6.92 Å². The van der Waals surface area contributed by atoms with Gasteiger partial charge in [0.05, 0.1) is 7.11 Å². The maximum Gasteiger partial charge on any atom is 0.344 e. The molecule has 58 valence electrons. The topological polar surface area (TPSA) is 55.4 Å². The van der Waals surface area contributed by atoms with E-state index in [1.165, 1.54) is 14.0 Å². The molecule has 0 aliphatic carbocycles. The number of esters is 1. The molecule has 0 bridgehead atoms. The van der Waals surface area contributed by atoms with Crippen LogP contribution in [0.15, 0.2) is 0 Å². The molecule has 0 rings (SSSR count). The second-order valence-corrected chi connectivity index (χ2v) is 2.02. The van der Waals surface area contributed by atoms with Crippen molar-refractivity contribution in [3.05, 3.63) is 0 Å². The third-order valence-corrected chi connectivity index (χ3v) is 1.03. The van der Waals surface area contributed by atoms with E-state index in [0.29, 0.717) is 0 Å². The molecular weight excluding hydrogens is 158 g/mol. The Morgan fingerprint density at radius 2 is 2.10 bits per heavy atom. The van der Waals surface area contributed by atoms with Gasteiger partial charge in [0.2, 0.25) is 11.4 Å². The van der Waals surface area contributed by atoms with Crippen LogP contribution in [-0.4, -0.2) is 24.5 Å². The first-order chi connectivity index (χ1) is 4.57. The van der Waals surface area contributed by atoms with Crippen LogP contribution >= 0.6 is 11.6 Å². The minimum absolute atomic E-state index is 0.370. The Morgan fingerprint density at radius 1 is 1.60 bits per heavy atom. The summed E-state index contributed by atoms with van der Waals surface area (Å²) in [6.07, 6.45) is 0. The first kappa shape index (κ1) is 9.23. The molecular formula is C5H8ClNO3. The lowest BCUT2D eigenvalue weighted by Crippen LogP contribution is -2.35. The highest BCUT2D eigenvalue weighted by atomic mass is 35.5. The number of halogens is 1. The zero-order valence-corrected chi connectivity index (χ0v) is 6.44. The lowest BCUT2D eigenvalue weighted by molar-refractivity contribution is -0.142. The molecule has 1 unspecified atom stereocenters. The lowest BCUT2D eigenvalue weighted by Gasteiger charge is -2.06. The quantitative estimate of drug-likeness (QED) is 0.352. The summed E-state index contributed by atoms with van der Waals surface area (Å²) >= 11 is 5.32. The molecule has 0 aromatic rings. The number of alkyl halides is 1. The first-order valence-electron chi connectivity index (χ1n) is 2.57. The molecule has 1 N–H and O–H groups in total. The average molecular weight is 166 g/mol. The molecule has 0 aliphatic rings. The molecule has 0 fully saturated rings. The van der Waals surface area contributed by atoms with Gasteiger partial charge in [-0.3, -0.25) is 4.79 Å². The summed E-state index contributed by atoms with van der Waals surface area (Å²) < 4.78 is 4.23. The van der Waals surface area contributed by atoms with Gasteiger partial charge >= 0.3 is 5.97 Å². The number of hydrogen-bond acceptors (Lipinski definition) is 3. The van der Waals surface area contributed by atoms with Crippen LogP contribution in [0.4, 0.5) is 0 Å². The summed E-state index contributed by atoms with van der Waals surface area (Å²) in [5.41, 5.74) is -1.08. The van der Waals surface area contributed by atoms with Gasteiger partial charge < -0.3 is 10.1 Å². The van der Waals surface area contributed by atoms with E-state index in [1.807, 2.05) is 0 Å². The molecule has 1 atom stereocenters. The molecule has 10 heavy (non-hydrogen) atoms. The summed E-state index contributed by atoms with van der Waals surface area (Å²) in [6.45, 7) is 1.26. The van der Waals surface area contributed by atoms with Gasteiger partial charge in [-0.25, -0.2) is 4.79 Å². The Morgan fingerprint density at radius 3 is 2.40 bits per heavy atom. The van der Waals surface area contributed by atoms with Crippen LogP contribution in [-0.2, 0) is 14.3 Å². The van der Waals surface area contributed by atoms with Crippen molar-refractivity contribution in [3.8, 4) is 0 Å². The highest BCUT2D eigenvalue weighted by Gasteiger charge is 2.15. The van der Waals surface area contributed by atoms with Crippen molar-refractivity contribution in [2.24, 2.45) is 0 Å². The summed E-state index contributed by atoms with van der Waals surface area (Å²) in [6, 6.07) is 0. The molecule has 1 amide bonds. The van der Waals surface area contributed by atoms with Crippen molar-refractivity contribution in [1.29, 1.82) is 0 Å². The van der Waals surface area contributed by atoms with Crippen LogP contribution in [0.25, 0.3) is 0 Å². The second-order valence-electron chi connectivity index (χ2n) is 1.59. The van der Waals surface area contributed by atoms with Crippen LogP contribution < -0.4 is 5.32 Å². The highest BCUT2D eigenvalue weighted by Crippen LogP contribution is 1.92. The number of nitrogens with one attached hydrogen (secondary N) is 1. The second kappa shape index (κ2) is 4.11. The Kier molecular flexibility index (Phi) is 3.79.